The highest BCUT2D eigenvalue weighted by molar-refractivity contribution is 5.70. The topological polar surface area (TPSA) is 35.5 Å². The highest BCUT2D eigenvalue weighted by Crippen LogP contribution is 2.22. The third-order valence-corrected chi connectivity index (χ3v) is 1.30. The first-order valence-corrected chi connectivity index (χ1v) is 3.39. The summed E-state index contributed by atoms with van der Waals surface area (Å²) in [6, 6.07) is 0. The summed E-state index contributed by atoms with van der Waals surface area (Å²) in [4.78, 5) is 10.8. The van der Waals surface area contributed by atoms with Gasteiger partial charge in [0.25, 0.3) is 0 Å². The standard InChI is InChI=1S/C7H12O3/c1-5-4-6(8)10-7(2,3)9-5/h5H,4H2,1-3H3/t5-/m0/s1. The van der Waals surface area contributed by atoms with E-state index in [1.807, 2.05) is 6.92 Å². The number of esters is 1. The van der Waals surface area contributed by atoms with Crippen molar-refractivity contribution in [1.82, 2.24) is 0 Å². The molecule has 1 saturated heterocycles. The van der Waals surface area contributed by atoms with Crippen LogP contribution in [0.1, 0.15) is 27.2 Å². The molecule has 0 radical (unpaired) electrons. The van der Waals surface area contributed by atoms with Gasteiger partial charge in [-0.05, 0) is 6.92 Å². The summed E-state index contributed by atoms with van der Waals surface area (Å²) >= 11 is 0. The van der Waals surface area contributed by atoms with E-state index in [2.05, 4.69) is 0 Å². The average molecular weight is 144 g/mol. The Kier molecular flexibility index (Phi) is 1.68. The molecular formula is C7H12O3. The molecule has 0 spiro atoms. The van der Waals surface area contributed by atoms with E-state index in [0.29, 0.717) is 6.42 Å². The predicted molar refractivity (Wildman–Crippen MR) is 35.3 cm³/mol. The Hall–Kier alpha value is -0.570. The van der Waals surface area contributed by atoms with E-state index in [9.17, 15) is 4.79 Å². The van der Waals surface area contributed by atoms with E-state index < -0.39 is 5.79 Å². The highest BCUT2D eigenvalue weighted by atomic mass is 16.7. The molecule has 1 aliphatic rings. The molecule has 1 atom stereocenters. The summed E-state index contributed by atoms with van der Waals surface area (Å²) in [6.45, 7) is 5.34. The lowest BCUT2D eigenvalue weighted by Crippen LogP contribution is -2.41. The average Bonchev–Trinajstić information content (AvgIpc) is 1.54. The SMILES string of the molecule is C[C@H]1CC(=O)OC(C)(C)O1. The van der Waals surface area contributed by atoms with Gasteiger partial charge in [-0.25, -0.2) is 0 Å². The molecule has 0 bridgehead atoms. The quantitative estimate of drug-likeness (QED) is 0.477. The molecule has 0 N–H and O–H groups in total. The van der Waals surface area contributed by atoms with Crippen molar-refractivity contribution >= 4 is 5.97 Å². The minimum absolute atomic E-state index is 0.0174. The monoisotopic (exact) mass is 144 g/mol. The van der Waals surface area contributed by atoms with Crippen molar-refractivity contribution in [3.8, 4) is 0 Å². The van der Waals surface area contributed by atoms with Gasteiger partial charge in [-0.1, -0.05) is 0 Å². The number of hydrogen-bond acceptors (Lipinski definition) is 3. The van der Waals surface area contributed by atoms with Gasteiger partial charge in [-0.3, -0.25) is 4.79 Å². The molecule has 1 heterocycles. The predicted octanol–water partition coefficient (Wildman–Crippen LogP) is 1.07. The second-order valence-corrected chi connectivity index (χ2v) is 3.01. The molecule has 3 heteroatoms. The maximum absolute atomic E-state index is 10.8. The van der Waals surface area contributed by atoms with Crippen molar-refractivity contribution in [3.05, 3.63) is 0 Å². The van der Waals surface area contributed by atoms with Crippen LogP contribution in [0.5, 0.6) is 0 Å². The Balaban J connectivity index is 2.59. The van der Waals surface area contributed by atoms with Crippen LogP contribution in [0.2, 0.25) is 0 Å². The lowest BCUT2D eigenvalue weighted by Gasteiger charge is -2.33. The van der Waals surface area contributed by atoms with Gasteiger partial charge in [0.05, 0.1) is 12.5 Å². The van der Waals surface area contributed by atoms with E-state index >= 15 is 0 Å². The Morgan fingerprint density at radius 3 is 2.60 bits per heavy atom. The molecule has 58 valence electrons. The number of carbonyl (C=O) groups is 1. The van der Waals surface area contributed by atoms with Crippen LogP contribution in [0.3, 0.4) is 0 Å². The maximum atomic E-state index is 10.8. The lowest BCUT2D eigenvalue weighted by atomic mass is 10.2. The van der Waals surface area contributed by atoms with Crippen LogP contribution >= 0.6 is 0 Å². The minimum atomic E-state index is -0.727. The normalized spacial score (nSPS) is 31.5. The van der Waals surface area contributed by atoms with Gasteiger partial charge in [-0.15, -0.1) is 0 Å². The lowest BCUT2D eigenvalue weighted by molar-refractivity contribution is -0.254. The van der Waals surface area contributed by atoms with Crippen LogP contribution in [0.25, 0.3) is 0 Å². The maximum Gasteiger partial charge on any atom is 0.310 e. The van der Waals surface area contributed by atoms with Crippen molar-refractivity contribution in [2.24, 2.45) is 0 Å². The van der Waals surface area contributed by atoms with Crippen LogP contribution in [0.15, 0.2) is 0 Å². The van der Waals surface area contributed by atoms with Crippen molar-refractivity contribution in [2.45, 2.75) is 39.1 Å². The fourth-order valence-electron chi connectivity index (χ4n) is 1.10. The zero-order valence-corrected chi connectivity index (χ0v) is 6.51. The van der Waals surface area contributed by atoms with Crippen LogP contribution < -0.4 is 0 Å². The molecular weight excluding hydrogens is 132 g/mol. The van der Waals surface area contributed by atoms with Crippen molar-refractivity contribution in [3.63, 3.8) is 0 Å². The van der Waals surface area contributed by atoms with E-state index in [1.54, 1.807) is 13.8 Å². The molecule has 1 fully saturated rings. The highest BCUT2D eigenvalue weighted by Gasteiger charge is 2.32. The smallest absolute Gasteiger partial charge is 0.310 e. The number of carbonyl (C=O) groups excluding carboxylic acids is 1. The number of ether oxygens (including phenoxy) is 2. The Morgan fingerprint density at radius 1 is 1.60 bits per heavy atom. The molecule has 0 aromatic heterocycles. The van der Waals surface area contributed by atoms with Crippen LogP contribution in [-0.2, 0) is 14.3 Å². The molecule has 0 aromatic carbocycles. The molecule has 0 saturated carbocycles. The first-order chi connectivity index (χ1) is 4.49. The minimum Gasteiger partial charge on any atom is -0.434 e. The molecule has 10 heavy (non-hydrogen) atoms. The summed E-state index contributed by atoms with van der Waals surface area (Å²) < 4.78 is 10.2. The Morgan fingerprint density at radius 2 is 2.20 bits per heavy atom. The third kappa shape index (κ3) is 1.70. The van der Waals surface area contributed by atoms with Crippen LogP contribution in [-0.4, -0.2) is 17.9 Å². The van der Waals surface area contributed by atoms with Crippen molar-refractivity contribution < 1.29 is 14.3 Å². The Labute approximate surface area is 60.3 Å². The molecule has 1 aliphatic heterocycles. The largest absolute Gasteiger partial charge is 0.434 e. The summed E-state index contributed by atoms with van der Waals surface area (Å²) in [5, 5.41) is 0. The van der Waals surface area contributed by atoms with E-state index in [-0.39, 0.29) is 12.1 Å². The van der Waals surface area contributed by atoms with E-state index in [4.69, 9.17) is 9.47 Å². The van der Waals surface area contributed by atoms with Crippen LogP contribution in [0, 0.1) is 0 Å². The first kappa shape index (κ1) is 7.54. The molecule has 0 aromatic rings. The second kappa shape index (κ2) is 2.23. The molecule has 1 rings (SSSR count). The molecule has 0 amide bonds. The number of hydrogen-bond donors (Lipinski definition) is 0. The van der Waals surface area contributed by atoms with E-state index in [0.717, 1.165) is 0 Å². The summed E-state index contributed by atoms with van der Waals surface area (Å²) in [6.07, 6.45) is 0.347. The van der Waals surface area contributed by atoms with Gasteiger partial charge in [0.1, 0.15) is 0 Å². The van der Waals surface area contributed by atoms with Gasteiger partial charge in [0.15, 0.2) is 0 Å². The van der Waals surface area contributed by atoms with Crippen LogP contribution in [0.4, 0.5) is 0 Å². The number of cyclic esters (lactones) is 1. The second-order valence-electron chi connectivity index (χ2n) is 3.01. The zero-order chi connectivity index (χ0) is 7.78. The molecule has 0 aliphatic carbocycles. The summed E-state index contributed by atoms with van der Waals surface area (Å²) in [5.74, 6) is -0.905. The first-order valence-electron chi connectivity index (χ1n) is 3.39. The summed E-state index contributed by atoms with van der Waals surface area (Å²) in [5.41, 5.74) is 0. The zero-order valence-electron chi connectivity index (χ0n) is 6.51. The van der Waals surface area contributed by atoms with Gasteiger partial charge < -0.3 is 9.47 Å². The molecule has 0 unspecified atom stereocenters. The molecule has 3 nitrogen and oxygen atoms in total. The van der Waals surface area contributed by atoms with Gasteiger partial charge in [0, 0.05) is 13.8 Å². The van der Waals surface area contributed by atoms with Crippen molar-refractivity contribution in [2.75, 3.05) is 0 Å². The summed E-state index contributed by atoms with van der Waals surface area (Å²) in [7, 11) is 0. The number of rotatable bonds is 0. The van der Waals surface area contributed by atoms with Gasteiger partial charge >= 0.3 is 5.97 Å². The fourth-order valence-corrected chi connectivity index (χ4v) is 1.10. The van der Waals surface area contributed by atoms with E-state index in [1.165, 1.54) is 0 Å². The third-order valence-electron chi connectivity index (χ3n) is 1.30. The fraction of sp³-hybridized carbons (Fsp3) is 0.857. The van der Waals surface area contributed by atoms with Gasteiger partial charge in [0.2, 0.25) is 5.79 Å². The van der Waals surface area contributed by atoms with Gasteiger partial charge in [-0.2, -0.15) is 0 Å². The van der Waals surface area contributed by atoms with Crippen molar-refractivity contribution in [1.29, 1.82) is 0 Å². The Bertz CT molecular complexity index is 151.